The second kappa shape index (κ2) is 8.51. The van der Waals surface area contributed by atoms with Gasteiger partial charge in [-0.25, -0.2) is 8.78 Å². The van der Waals surface area contributed by atoms with Gasteiger partial charge in [0.1, 0.15) is 29.3 Å². The molecule has 4 aromatic rings. The van der Waals surface area contributed by atoms with E-state index in [9.17, 15) is 18.4 Å². The van der Waals surface area contributed by atoms with Crippen LogP contribution in [0.2, 0.25) is 0 Å². The van der Waals surface area contributed by atoms with Gasteiger partial charge in [0.05, 0.1) is 11.1 Å². The van der Waals surface area contributed by atoms with Crippen molar-refractivity contribution in [3.05, 3.63) is 106 Å². The van der Waals surface area contributed by atoms with Gasteiger partial charge in [-0.2, -0.15) is 0 Å². The highest BCUT2D eigenvalue weighted by atomic mass is 19.1. The molecule has 2 aromatic carbocycles. The minimum absolute atomic E-state index is 0.0275. The van der Waals surface area contributed by atoms with Gasteiger partial charge < -0.3 is 9.88 Å². The molecule has 2 aromatic heterocycles. The Morgan fingerprint density at radius 1 is 1.06 bits per heavy atom. The number of nitrogens with zero attached hydrogens (tertiary/aromatic N) is 4. The summed E-state index contributed by atoms with van der Waals surface area (Å²) in [6.45, 7) is 4.32. The van der Waals surface area contributed by atoms with Crippen molar-refractivity contribution in [2.24, 2.45) is 12.5 Å². The molecule has 1 saturated carbocycles. The van der Waals surface area contributed by atoms with E-state index in [1.807, 2.05) is 11.6 Å². The summed E-state index contributed by atoms with van der Waals surface area (Å²) in [5.41, 5.74) is 0.0199. The summed E-state index contributed by atoms with van der Waals surface area (Å²) >= 11 is 0. The van der Waals surface area contributed by atoms with Gasteiger partial charge in [-0.3, -0.25) is 14.2 Å². The Labute approximate surface area is 206 Å². The zero-order valence-corrected chi connectivity index (χ0v) is 20.1. The SMILES string of the molecule is Cn1cnnc1C1(c2ccc(F)c(NC(=O)c3cccn(-c4ccc(F)cc4)c3=O)c2)CC(C)(C)C1. The number of aromatic nitrogens is 4. The summed E-state index contributed by atoms with van der Waals surface area (Å²) in [4.78, 5) is 26.1. The van der Waals surface area contributed by atoms with E-state index in [4.69, 9.17) is 0 Å². The van der Waals surface area contributed by atoms with E-state index >= 15 is 0 Å². The Morgan fingerprint density at radius 2 is 1.78 bits per heavy atom. The molecule has 0 aliphatic heterocycles. The molecule has 0 saturated heterocycles. The summed E-state index contributed by atoms with van der Waals surface area (Å²) in [6.07, 6.45) is 4.69. The number of hydrogen-bond acceptors (Lipinski definition) is 4. The summed E-state index contributed by atoms with van der Waals surface area (Å²) in [5.74, 6) is -1.02. The molecule has 0 bridgehead atoms. The van der Waals surface area contributed by atoms with Crippen LogP contribution in [0.4, 0.5) is 14.5 Å². The predicted octanol–water partition coefficient (Wildman–Crippen LogP) is 4.60. The number of aryl methyl sites for hydroxylation is 1. The van der Waals surface area contributed by atoms with Gasteiger partial charge in [-0.05, 0) is 72.4 Å². The van der Waals surface area contributed by atoms with E-state index in [1.54, 1.807) is 18.5 Å². The number of pyridine rings is 1. The lowest BCUT2D eigenvalue weighted by Crippen LogP contribution is -2.49. The first-order valence-corrected chi connectivity index (χ1v) is 11.5. The van der Waals surface area contributed by atoms with Gasteiger partial charge in [-0.1, -0.05) is 19.9 Å². The van der Waals surface area contributed by atoms with Crippen molar-refractivity contribution < 1.29 is 13.6 Å². The van der Waals surface area contributed by atoms with Crippen molar-refractivity contribution >= 4 is 11.6 Å². The Bertz CT molecular complexity index is 1510. The van der Waals surface area contributed by atoms with Gasteiger partial charge in [-0.15, -0.1) is 10.2 Å². The summed E-state index contributed by atoms with van der Waals surface area (Å²) in [5, 5.41) is 10.9. The Kier molecular flexibility index (Phi) is 5.58. The normalized spacial score (nSPS) is 15.8. The van der Waals surface area contributed by atoms with Gasteiger partial charge >= 0.3 is 0 Å². The minimum Gasteiger partial charge on any atom is -0.320 e. The van der Waals surface area contributed by atoms with Crippen molar-refractivity contribution in [3.63, 3.8) is 0 Å². The number of amides is 1. The lowest BCUT2D eigenvalue weighted by Gasteiger charge is -2.52. The van der Waals surface area contributed by atoms with Crippen molar-refractivity contribution in [1.29, 1.82) is 0 Å². The molecule has 0 spiro atoms. The molecule has 1 N–H and O–H groups in total. The maximum Gasteiger partial charge on any atom is 0.267 e. The third-order valence-electron chi connectivity index (χ3n) is 6.76. The van der Waals surface area contributed by atoms with Crippen LogP contribution in [0.5, 0.6) is 0 Å². The van der Waals surface area contributed by atoms with Crippen LogP contribution in [0.15, 0.2) is 71.9 Å². The smallest absolute Gasteiger partial charge is 0.267 e. The van der Waals surface area contributed by atoms with Crippen LogP contribution in [0.1, 0.15) is 48.4 Å². The van der Waals surface area contributed by atoms with Crippen molar-refractivity contribution in [1.82, 2.24) is 19.3 Å². The molecule has 0 atom stereocenters. The van der Waals surface area contributed by atoms with Crippen molar-refractivity contribution in [3.8, 4) is 5.69 Å². The molecule has 36 heavy (non-hydrogen) atoms. The highest BCUT2D eigenvalue weighted by molar-refractivity contribution is 6.04. The van der Waals surface area contributed by atoms with Crippen LogP contribution in [0, 0.1) is 17.0 Å². The first-order chi connectivity index (χ1) is 17.1. The van der Waals surface area contributed by atoms with Crippen LogP contribution < -0.4 is 10.9 Å². The monoisotopic (exact) mass is 489 g/mol. The fourth-order valence-corrected chi connectivity index (χ4v) is 5.37. The number of anilines is 1. The average molecular weight is 490 g/mol. The molecule has 0 unspecified atom stereocenters. The first kappa shape index (κ1) is 23.6. The number of hydrogen-bond donors (Lipinski definition) is 1. The van der Waals surface area contributed by atoms with E-state index in [2.05, 4.69) is 29.4 Å². The maximum absolute atomic E-state index is 14.8. The highest BCUT2D eigenvalue weighted by Crippen LogP contribution is 2.58. The zero-order valence-electron chi connectivity index (χ0n) is 20.1. The second-order valence-corrected chi connectivity index (χ2v) is 10.1. The molecular weight excluding hydrogens is 464 g/mol. The van der Waals surface area contributed by atoms with Crippen molar-refractivity contribution in [2.75, 3.05) is 5.32 Å². The van der Waals surface area contributed by atoms with Gasteiger partial charge in [0, 0.05) is 18.9 Å². The van der Waals surface area contributed by atoms with Gasteiger partial charge in [0.15, 0.2) is 0 Å². The van der Waals surface area contributed by atoms with E-state index in [0.717, 1.165) is 24.2 Å². The molecule has 1 aliphatic rings. The predicted molar refractivity (Wildman–Crippen MR) is 131 cm³/mol. The Hall–Kier alpha value is -4.14. The standard InChI is InChI=1S/C27H25F2N5O2/c1-26(2)14-27(15-26,25-32-30-16-33(25)3)17-6-11-21(29)22(13-17)31-23(35)20-5-4-12-34(24(20)36)19-9-7-18(28)8-10-19/h4-13,16H,14-15H2,1-3H3,(H,31,35). The summed E-state index contributed by atoms with van der Waals surface area (Å²) in [6, 6.07) is 12.9. The molecule has 0 radical (unpaired) electrons. The quantitative estimate of drug-likeness (QED) is 0.444. The van der Waals surface area contributed by atoms with E-state index in [1.165, 1.54) is 53.2 Å². The fraction of sp³-hybridized carbons (Fsp3) is 0.259. The molecule has 184 valence electrons. The molecule has 7 nitrogen and oxygen atoms in total. The average Bonchev–Trinajstić information content (AvgIpc) is 3.25. The number of benzene rings is 2. The molecule has 1 fully saturated rings. The molecule has 2 heterocycles. The number of rotatable bonds is 5. The molecular formula is C27H25F2N5O2. The maximum atomic E-state index is 14.8. The molecule has 1 amide bonds. The molecule has 9 heteroatoms. The Balaban J connectivity index is 1.49. The van der Waals surface area contributed by atoms with Crippen LogP contribution in [0.25, 0.3) is 5.69 Å². The van der Waals surface area contributed by atoms with Gasteiger partial charge in [0.2, 0.25) is 0 Å². The lowest BCUT2D eigenvalue weighted by molar-refractivity contribution is 0.0790. The largest absolute Gasteiger partial charge is 0.320 e. The Morgan fingerprint density at radius 3 is 2.42 bits per heavy atom. The minimum atomic E-state index is -0.742. The lowest BCUT2D eigenvalue weighted by atomic mass is 9.51. The third kappa shape index (κ3) is 4.00. The van der Waals surface area contributed by atoms with Crippen LogP contribution in [0.3, 0.4) is 0 Å². The zero-order chi connectivity index (χ0) is 25.7. The first-order valence-electron chi connectivity index (χ1n) is 11.5. The number of carbonyl (C=O) groups is 1. The fourth-order valence-electron chi connectivity index (χ4n) is 5.37. The number of halogens is 2. The van der Waals surface area contributed by atoms with Crippen LogP contribution >= 0.6 is 0 Å². The summed E-state index contributed by atoms with van der Waals surface area (Å²) < 4.78 is 31.2. The van der Waals surface area contributed by atoms with E-state index in [-0.39, 0.29) is 16.7 Å². The topological polar surface area (TPSA) is 81.8 Å². The summed E-state index contributed by atoms with van der Waals surface area (Å²) in [7, 11) is 1.87. The van der Waals surface area contributed by atoms with E-state index < -0.39 is 28.5 Å². The van der Waals surface area contributed by atoms with E-state index in [0.29, 0.717) is 5.69 Å². The highest BCUT2D eigenvalue weighted by Gasteiger charge is 2.54. The third-order valence-corrected chi connectivity index (χ3v) is 6.76. The second-order valence-electron chi connectivity index (χ2n) is 10.1. The number of carbonyl (C=O) groups excluding carboxylic acids is 1. The number of nitrogens with one attached hydrogen (secondary N) is 1. The van der Waals surface area contributed by atoms with Gasteiger partial charge in [0.25, 0.3) is 11.5 Å². The molecule has 1 aliphatic carbocycles. The molecule has 5 rings (SSSR count). The van der Waals surface area contributed by atoms with Crippen LogP contribution in [-0.4, -0.2) is 25.2 Å². The van der Waals surface area contributed by atoms with Crippen molar-refractivity contribution in [2.45, 2.75) is 32.1 Å². The van der Waals surface area contributed by atoms with Crippen LogP contribution in [-0.2, 0) is 12.5 Å².